The van der Waals surface area contributed by atoms with Gasteiger partial charge >= 0.3 is 0 Å². The Hall–Kier alpha value is -3.55. The summed E-state index contributed by atoms with van der Waals surface area (Å²) in [5.41, 5.74) is 7.61. The first-order valence-electron chi connectivity index (χ1n) is 9.25. The monoisotopic (exact) mass is 397 g/mol. The zero-order valence-electron chi connectivity index (χ0n) is 16.7. The molecule has 2 rings (SSSR count). The molecule has 0 aliphatic carbocycles. The molecule has 0 aliphatic heterocycles. The summed E-state index contributed by atoms with van der Waals surface area (Å²) in [6, 6.07) is 15.0. The van der Waals surface area contributed by atoms with Crippen LogP contribution >= 0.6 is 0 Å². The van der Waals surface area contributed by atoms with E-state index in [0.717, 1.165) is 23.3 Å². The number of primary amides is 1. The van der Waals surface area contributed by atoms with E-state index in [1.54, 1.807) is 26.3 Å². The van der Waals surface area contributed by atoms with Crippen LogP contribution in [-0.2, 0) is 17.8 Å². The minimum absolute atomic E-state index is 0.182. The molecule has 0 bridgehead atoms. The van der Waals surface area contributed by atoms with Gasteiger partial charge in [-0.2, -0.15) is 0 Å². The Bertz CT molecular complexity index is 850. The van der Waals surface area contributed by atoms with Gasteiger partial charge < -0.3 is 26.4 Å². The third kappa shape index (κ3) is 7.17. The van der Waals surface area contributed by atoms with Crippen molar-refractivity contribution in [1.82, 2.24) is 16.0 Å². The molecule has 0 aromatic heterocycles. The van der Waals surface area contributed by atoms with Gasteiger partial charge in [0, 0.05) is 25.7 Å². The molecule has 2 aromatic rings. The number of hydrogen-bond acceptors (Lipinski definition) is 4. The Morgan fingerprint density at radius 3 is 2.41 bits per heavy atom. The first kappa shape index (κ1) is 21.7. The normalized spacial score (nSPS) is 10.9. The average molecular weight is 397 g/mol. The first-order chi connectivity index (χ1) is 14.0. The van der Waals surface area contributed by atoms with Crippen molar-refractivity contribution < 1.29 is 14.3 Å². The zero-order valence-corrected chi connectivity index (χ0v) is 16.7. The number of para-hydroxylation sites is 1. The number of rotatable bonds is 9. The molecule has 0 unspecified atom stereocenters. The van der Waals surface area contributed by atoms with Crippen LogP contribution in [0.15, 0.2) is 53.5 Å². The van der Waals surface area contributed by atoms with Crippen molar-refractivity contribution >= 4 is 17.8 Å². The minimum Gasteiger partial charge on any atom is -0.496 e. The average Bonchev–Trinajstić information content (AvgIpc) is 2.75. The van der Waals surface area contributed by atoms with Crippen molar-refractivity contribution in [2.75, 3.05) is 27.2 Å². The molecular formula is C21H27N5O3. The van der Waals surface area contributed by atoms with Gasteiger partial charge in [-0.3, -0.25) is 14.6 Å². The lowest BCUT2D eigenvalue weighted by Crippen LogP contribution is -2.37. The van der Waals surface area contributed by atoms with Crippen molar-refractivity contribution in [3.05, 3.63) is 65.2 Å². The Kier molecular flexibility index (Phi) is 8.50. The lowest BCUT2D eigenvalue weighted by Gasteiger charge is -2.13. The molecule has 8 heteroatoms. The Morgan fingerprint density at radius 2 is 1.76 bits per heavy atom. The quantitative estimate of drug-likeness (QED) is 0.369. The van der Waals surface area contributed by atoms with E-state index >= 15 is 0 Å². The number of carbonyl (C=O) groups excluding carboxylic acids is 2. The van der Waals surface area contributed by atoms with Crippen molar-refractivity contribution in [3.63, 3.8) is 0 Å². The molecule has 0 heterocycles. The van der Waals surface area contributed by atoms with Gasteiger partial charge in [-0.1, -0.05) is 30.3 Å². The fourth-order valence-corrected chi connectivity index (χ4v) is 2.67. The van der Waals surface area contributed by atoms with Gasteiger partial charge in [0.1, 0.15) is 5.75 Å². The van der Waals surface area contributed by atoms with Gasteiger partial charge in [0.25, 0.3) is 5.91 Å². The molecule has 0 atom stereocenters. The summed E-state index contributed by atoms with van der Waals surface area (Å²) in [4.78, 5) is 26.8. The molecule has 0 saturated carbocycles. The number of aliphatic imine (C=N–C) groups is 1. The number of ether oxygens (including phenoxy) is 1. The summed E-state index contributed by atoms with van der Waals surface area (Å²) in [5, 5.41) is 8.96. The predicted octanol–water partition coefficient (Wildman–Crippen LogP) is 0.818. The smallest absolute Gasteiger partial charge is 0.251 e. The molecule has 5 N–H and O–H groups in total. The lowest BCUT2D eigenvalue weighted by molar-refractivity contribution is -0.117. The number of carbonyl (C=O) groups is 2. The molecule has 0 radical (unpaired) electrons. The second-order valence-electron chi connectivity index (χ2n) is 6.26. The van der Waals surface area contributed by atoms with E-state index in [9.17, 15) is 9.59 Å². The summed E-state index contributed by atoms with van der Waals surface area (Å²) in [6.07, 6.45) is 0.805. The van der Waals surface area contributed by atoms with Crippen LogP contribution in [0.25, 0.3) is 0 Å². The summed E-state index contributed by atoms with van der Waals surface area (Å²) in [7, 11) is 3.38. The molecule has 0 saturated heterocycles. The van der Waals surface area contributed by atoms with Crippen molar-refractivity contribution in [3.8, 4) is 5.75 Å². The zero-order chi connectivity index (χ0) is 21.1. The molecule has 8 nitrogen and oxygen atoms in total. The van der Waals surface area contributed by atoms with E-state index in [0.29, 0.717) is 24.6 Å². The molecule has 0 spiro atoms. The van der Waals surface area contributed by atoms with E-state index in [2.05, 4.69) is 20.9 Å². The summed E-state index contributed by atoms with van der Waals surface area (Å²) >= 11 is 0. The molecule has 0 aliphatic rings. The van der Waals surface area contributed by atoms with E-state index < -0.39 is 5.91 Å². The maximum atomic E-state index is 11.9. The van der Waals surface area contributed by atoms with Crippen LogP contribution in [0, 0.1) is 0 Å². The van der Waals surface area contributed by atoms with Crippen molar-refractivity contribution in [2.24, 2.45) is 10.7 Å². The second kappa shape index (κ2) is 11.3. The topological polar surface area (TPSA) is 118 Å². The Morgan fingerprint density at radius 1 is 1.03 bits per heavy atom. The fraction of sp³-hybridized carbons (Fsp3) is 0.286. The number of guanidine groups is 1. The number of hydrogen-bond donors (Lipinski definition) is 4. The number of nitrogens with zero attached hydrogens (tertiary/aromatic N) is 1. The third-order valence-corrected chi connectivity index (χ3v) is 4.20. The van der Waals surface area contributed by atoms with Gasteiger partial charge in [-0.25, -0.2) is 0 Å². The van der Waals surface area contributed by atoms with E-state index in [1.807, 2.05) is 36.4 Å². The van der Waals surface area contributed by atoms with Crippen LogP contribution in [0.2, 0.25) is 0 Å². The Labute approximate surface area is 170 Å². The molecular weight excluding hydrogens is 370 g/mol. The maximum Gasteiger partial charge on any atom is 0.251 e. The van der Waals surface area contributed by atoms with Crippen LogP contribution in [0.1, 0.15) is 21.5 Å². The van der Waals surface area contributed by atoms with E-state index in [4.69, 9.17) is 10.5 Å². The first-order valence-corrected chi connectivity index (χ1v) is 9.25. The van der Waals surface area contributed by atoms with E-state index in [-0.39, 0.29) is 12.5 Å². The molecule has 29 heavy (non-hydrogen) atoms. The third-order valence-electron chi connectivity index (χ3n) is 4.20. The minimum atomic E-state index is -0.580. The van der Waals surface area contributed by atoms with Crippen molar-refractivity contribution in [1.29, 1.82) is 0 Å². The molecule has 2 amide bonds. The van der Waals surface area contributed by atoms with E-state index in [1.165, 1.54) is 0 Å². The molecule has 154 valence electrons. The van der Waals surface area contributed by atoms with Gasteiger partial charge in [0.2, 0.25) is 5.91 Å². The summed E-state index contributed by atoms with van der Waals surface area (Å²) in [6.45, 7) is 1.08. The number of benzene rings is 2. The van der Waals surface area contributed by atoms with Crippen LogP contribution in [0.3, 0.4) is 0 Å². The number of nitrogens with two attached hydrogens (primary N) is 1. The number of amides is 2. The molecule has 2 aromatic carbocycles. The SMILES string of the molecule is CN=C(NCCc1ccccc1OC)NCc1ccc(C(=O)NCC(N)=O)cc1. The van der Waals surface area contributed by atoms with Crippen molar-refractivity contribution in [2.45, 2.75) is 13.0 Å². The molecule has 0 fully saturated rings. The number of nitrogens with one attached hydrogen (secondary N) is 3. The highest BCUT2D eigenvalue weighted by atomic mass is 16.5. The number of methoxy groups -OCH3 is 1. The standard InChI is InChI=1S/C21H27N5O3/c1-23-21(24-12-11-16-5-3-4-6-18(16)29-2)26-13-15-7-9-17(10-8-15)20(28)25-14-19(22)27/h3-10H,11-14H2,1-2H3,(H2,22,27)(H,25,28)(H2,23,24,26). The van der Waals surface area contributed by atoms with Gasteiger partial charge in [-0.15, -0.1) is 0 Å². The van der Waals surface area contributed by atoms with Gasteiger partial charge in [0.15, 0.2) is 5.96 Å². The largest absolute Gasteiger partial charge is 0.496 e. The predicted molar refractivity (Wildman–Crippen MR) is 113 cm³/mol. The fourth-order valence-electron chi connectivity index (χ4n) is 2.67. The van der Waals surface area contributed by atoms with Crippen LogP contribution in [0.5, 0.6) is 5.75 Å². The van der Waals surface area contributed by atoms with Crippen LogP contribution < -0.4 is 26.4 Å². The van der Waals surface area contributed by atoms with Gasteiger partial charge in [-0.05, 0) is 35.7 Å². The lowest BCUT2D eigenvalue weighted by atomic mass is 10.1. The van der Waals surface area contributed by atoms with Crippen LogP contribution in [-0.4, -0.2) is 45.0 Å². The Balaban J connectivity index is 1.80. The van der Waals surface area contributed by atoms with Gasteiger partial charge in [0.05, 0.1) is 13.7 Å². The maximum absolute atomic E-state index is 11.9. The summed E-state index contributed by atoms with van der Waals surface area (Å²) in [5.74, 6) is 0.640. The highest BCUT2D eigenvalue weighted by Crippen LogP contribution is 2.17. The highest BCUT2D eigenvalue weighted by molar-refractivity contribution is 5.96. The van der Waals surface area contributed by atoms with Crippen LogP contribution in [0.4, 0.5) is 0 Å². The summed E-state index contributed by atoms with van der Waals surface area (Å²) < 4.78 is 5.36. The highest BCUT2D eigenvalue weighted by Gasteiger charge is 2.07. The second-order valence-corrected chi connectivity index (χ2v) is 6.26.